The van der Waals surface area contributed by atoms with Gasteiger partial charge in [0.15, 0.2) is 0 Å². The number of sulfonamides is 1. The molecule has 5 heteroatoms. The summed E-state index contributed by atoms with van der Waals surface area (Å²) in [5.41, 5.74) is 2.38. The van der Waals surface area contributed by atoms with Crippen LogP contribution in [0.15, 0.2) is 24.3 Å². The first-order valence-corrected chi connectivity index (χ1v) is 8.56. The molecule has 0 saturated heterocycles. The second kappa shape index (κ2) is 6.50. The fourth-order valence-electron chi connectivity index (χ4n) is 2.42. The van der Waals surface area contributed by atoms with E-state index in [9.17, 15) is 8.42 Å². The van der Waals surface area contributed by atoms with Gasteiger partial charge >= 0.3 is 0 Å². The lowest BCUT2D eigenvalue weighted by molar-refractivity contribution is 0.520. The second-order valence-electron chi connectivity index (χ2n) is 4.98. The molecule has 0 aliphatic carbocycles. The minimum Gasteiger partial charge on any atom is -0.309 e. The molecule has 0 spiro atoms. The Kier molecular flexibility index (Phi) is 4.96. The van der Waals surface area contributed by atoms with Gasteiger partial charge in [-0.05, 0) is 30.5 Å². The highest BCUT2D eigenvalue weighted by Crippen LogP contribution is 2.23. The molecule has 2 rings (SSSR count). The smallest absolute Gasteiger partial charge is 0.213 e. The van der Waals surface area contributed by atoms with Gasteiger partial charge in [-0.1, -0.05) is 37.6 Å². The molecule has 0 aromatic heterocycles. The van der Waals surface area contributed by atoms with Crippen LogP contribution in [0, 0.1) is 0 Å². The molecule has 0 saturated carbocycles. The Bertz CT molecular complexity index is 514. The minimum atomic E-state index is -3.21. The Morgan fingerprint density at radius 1 is 1.37 bits per heavy atom. The van der Waals surface area contributed by atoms with Gasteiger partial charge in [0.05, 0.1) is 5.75 Å². The largest absolute Gasteiger partial charge is 0.309 e. The van der Waals surface area contributed by atoms with Gasteiger partial charge in [-0.3, -0.25) is 0 Å². The van der Waals surface area contributed by atoms with Crippen LogP contribution in [0.4, 0.5) is 0 Å². The number of hydrogen-bond donors (Lipinski definition) is 2. The highest BCUT2D eigenvalue weighted by molar-refractivity contribution is 7.89. The molecular formula is C14H22N2O2S. The van der Waals surface area contributed by atoms with Crippen LogP contribution in [0.25, 0.3) is 0 Å². The highest BCUT2D eigenvalue weighted by Gasteiger charge is 2.24. The van der Waals surface area contributed by atoms with Crippen molar-refractivity contribution in [2.24, 2.45) is 0 Å². The van der Waals surface area contributed by atoms with Crippen LogP contribution in [-0.4, -0.2) is 27.3 Å². The van der Waals surface area contributed by atoms with Crippen molar-refractivity contribution in [1.82, 2.24) is 10.0 Å². The molecule has 1 unspecified atom stereocenters. The van der Waals surface area contributed by atoms with E-state index in [-0.39, 0.29) is 11.8 Å². The van der Waals surface area contributed by atoms with Gasteiger partial charge in [0.25, 0.3) is 0 Å². The Balaban J connectivity index is 2.04. The molecule has 0 bridgehead atoms. The molecule has 1 heterocycles. The van der Waals surface area contributed by atoms with E-state index in [1.165, 1.54) is 5.56 Å². The van der Waals surface area contributed by atoms with Gasteiger partial charge in [-0.25, -0.2) is 13.1 Å². The molecule has 4 nitrogen and oxygen atoms in total. The Labute approximate surface area is 115 Å². The monoisotopic (exact) mass is 282 g/mol. The van der Waals surface area contributed by atoms with Gasteiger partial charge < -0.3 is 5.32 Å². The molecule has 1 atom stereocenters. The normalized spacial score (nSPS) is 19.1. The molecule has 2 N–H and O–H groups in total. The molecule has 1 aliphatic heterocycles. The van der Waals surface area contributed by atoms with Crippen molar-refractivity contribution in [2.75, 3.05) is 18.8 Å². The van der Waals surface area contributed by atoms with Gasteiger partial charge in [-0.2, -0.15) is 0 Å². The van der Waals surface area contributed by atoms with E-state index in [0.717, 1.165) is 31.4 Å². The topological polar surface area (TPSA) is 58.2 Å². The summed E-state index contributed by atoms with van der Waals surface area (Å²) in [5.74, 6) is 0.119. The SMILES string of the molecule is CCCCNS(=O)(=O)CC1NCCc2ccccc21. The van der Waals surface area contributed by atoms with Crippen molar-refractivity contribution in [1.29, 1.82) is 0 Å². The molecule has 106 valence electrons. The van der Waals surface area contributed by atoms with Crippen molar-refractivity contribution in [3.05, 3.63) is 35.4 Å². The number of fused-ring (bicyclic) bond motifs is 1. The highest BCUT2D eigenvalue weighted by atomic mass is 32.2. The van der Waals surface area contributed by atoms with E-state index >= 15 is 0 Å². The lowest BCUT2D eigenvalue weighted by Gasteiger charge is -2.26. The van der Waals surface area contributed by atoms with E-state index in [1.807, 2.05) is 25.1 Å². The summed E-state index contributed by atoms with van der Waals surface area (Å²) < 4.78 is 26.7. The molecule has 1 aromatic rings. The van der Waals surface area contributed by atoms with Crippen LogP contribution in [0.3, 0.4) is 0 Å². The van der Waals surface area contributed by atoms with Crippen LogP contribution < -0.4 is 10.0 Å². The zero-order valence-corrected chi connectivity index (χ0v) is 12.2. The molecule has 19 heavy (non-hydrogen) atoms. The van der Waals surface area contributed by atoms with Crippen molar-refractivity contribution in [3.63, 3.8) is 0 Å². The zero-order chi connectivity index (χ0) is 13.7. The fourth-order valence-corrected chi connectivity index (χ4v) is 3.73. The summed E-state index contributed by atoms with van der Waals surface area (Å²) in [7, 11) is -3.21. The fraction of sp³-hybridized carbons (Fsp3) is 0.571. The van der Waals surface area contributed by atoms with Crippen molar-refractivity contribution in [2.45, 2.75) is 32.2 Å². The van der Waals surface area contributed by atoms with Crippen LogP contribution >= 0.6 is 0 Å². The number of unbranched alkanes of at least 4 members (excludes halogenated alkanes) is 1. The maximum Gasteiger partial charge on any atom is 0.213 e. The first kappa shape index (κ1) is 14.5. The Morgan fingerprint density at radius 2 is 2.16 bits per heavy atom. The van der Waals surface area contributed by atoms with Gasteiger partial charge in [-0.15, -0.1) is 0 Å². The molecular weight excluding hydrogens is 260 g/mol. The zero-order valence-electron chi connectivity index (χ0n) is 11.4. The first-order chi connectivity index (χ1) is 9.12. The van der Waals surface area contributed by atoms with Gasteiger partial charge in [0.1, 0.15) is 0 Å². The van der Waals surface area contributed by atoms with Crippen molar-refractivity contribution >= 4 is 10.0 Å². The third kappa shape index (κ3) is 4.03. The number of rotatable bonds is 6. The predicted molar refractivity (Wildman–Crippen MR) is 77.6 cm³/mol. The number of hydrogen-bond acceptors (Lipinski definition) is 3. The van der Waals surface area contributed by atoms with Crippen LogP contribution in [-0.2, 0) is 16.4 Å². The molecule has 0 radical (unpaired) electrons. The van der Waals surface area contributed by atoms with E-state index in [2.05, 4.69) is 16.1 Å². The van der Waals surface area contributed by atoms with Gasteiger partial charge in [0, 0.05) is 12.6 Å². The lowest BCUT2D eigenvalue weighted by atomic mass is 9.95. The summed E-state index contributed by atoms with van der Waals surface area (Å²) in [6.45, 7) is 3.42. The van der Waals surface area contributed by atoms with Crippen LogP contribution in [0.1, 0.15) is 36.9 Å². The summed E-state index contributed by atoms with van der Waals surface area (Å²) in [6, 6.07) is 7.99. The summed E-state index contributed by atoms with van der Waals surface area (Å²) >= 11 is 0. The standard InChI is InChI=1S/C14H22N2O2S/c1-2-3-9-16-19(17,18)11-14-13-7-5-4-6-12(13)8-10-15-14/h4-7,14-16H,2-3,8-11H2,1H3. The number of benzene rings is 1. The molecule has 1 aromatic carbocycles. The average molecular weight is 282 g/mol. The van der Waals surface area contributed by atoms with E-state index in [4.69, 9.17) is 0 Å². The third-order valence-electron chi connectivity index (χ3n) is 3.45. The summed E-state index contributed by atoms with van der Waals surface area (Å²) in [5, 5.41) is 3.30. The average Bonchev–Trinajstić information content (AvgIpc) is 2.39. The van der Waals surface area contributed by atoms with Crippen molar-refractivity contribution in [3.8, 4) is 0 Å². The maximum atomic E-state index is 12.0. The van der Waals surface area contributed by atoms with Crippen molar-refractivity contribution < 1.29 is 8.42 Å². The van der Waals surface area contributed by atoms with E-state index in [0.29, 0.717) is 6.54 Å². The number of nitrogens with one attached hydrogen (secondary N) is 2. The Morgan fingerprint density at radius 3 is 2.95 bits per heavy atom. The maximum absolute atomic E-state index is 12.0. The molecule has 0 amide bonds. The molecule has 1 aliphatic rings. The van der Waals surface area contributed by atoms with E-state index < -0.39 is 10.0 Å². The van der Waals surface area contributed by atoms with Crippen LogP contribution in [0.2, 0.25) is 0 Å². The lowest BCUT2D eigenvalue weighted by Crippen LogP contribution is -2.38. The first-order valence-electron chi connectivity index (χ1n) is 6.91. The minimum absolute atomic E-state index is 0.0934. The molecule has 0 fully saturated rings. The van der Waals surface area contributed by atoms with Crippen LogP contribution in [0.5, 0.6) is 0 Å². The second-order valence-corrected chi connectivity index (χ2v) is 6.84. The third-order valence-corrected chi connectivity index (χ3v) is 4.87. The summed E-state index contributed by atoms with van der Waals surface area (Å²) in [4.78, 5) is 0. The summed E-state index contributed by atoms with van der Waals surface area (Å²) in [6.07, 6.45) is 2.84. The quantitative estimate of drug-likeness (QED) is 0.779. The predicted octanol–water partition coefficient (Wildman–Crippen LogP) is 1.59. The van der Waals surface area contributed by atoms with Gasteiger partial charge in [0.2, 0.25) is 10.0 Å². The Hall–Kier alpha value is -0.910. The van der Waals surface area contributed by atoms with E-state index in [1.54, 1.807) is 0 Å².